The first kappa shape index (κ1) is 12.9. The summed E-state index contributed by atoms with van der Waals surface area (Å²) in [5, 5.41) is 3.55. The Labute approximate surface area is 94.2 Å². The van der Waals surface area contributed by atoms with Crippen molar-refractivity contribution in [3.63, 3.8) is 0 Å². The molecule has 90 valence electrons. The van der Waals surface area contributed by atoms with Gasteiger partial charge < -0.3 is 10.1 Å². The van der Waals surface area contributed by atoms with Gasteiger partial charge in [-0.2, -0.15) is 0 Å². The molecule has 0 aromatic carbocycles. The van der Waals surface area contributed by atoms with Crippen LogP contribution in [0.3, 0.4) is 0 Å². The lowest BCUT2D eigenvalue weighted by Gasteiger charge is -2.27. The second kappa shape index (κ2) is 7.20. The van der Waals surface area contributed by atoms with Gasteiger partial charge >= 0.3 is 0 Å². The van der Waals surface area contributed by atoms with Crippen molar-refractivity contribution in [1.82, 2.24) is 10.2 Å². The molecule has 3 heteroatoms. The van der Waals surface area contributed by atoms with Gasteiger partial charge in [-0.15, -0.1) is 0 Å². The Morgan fingerprint density at radius 2 is 2.33 bits per heavy atom. The molecule has 0 aliphatic carbocycles. The van der Waals surface area contributed by atoms with Crippen molar-refractivity contribution < 1.29 is 4.74 Å². The summed E-state index contributed by atoms with van der Waals surface area (Å²) >= 11 is 0. The summed E-state index contributed by atoms with van der Waals surface area (Å²) in [5.74, 6) is 0. The Bertz CT molecular complexity index is 164. The average molecular weight is 214 g/mol. The predicted molar refractivity (Wildman–Crippen MR) is 64.2 cm³/mol. The second-order valence-corrected chi connectivity index (χ2v) is 4.59. The normalized spacial score (nSPS) is 24.6. The van der Waals surface area contributed by atoms with Crippen LogP contribution in [0.2, 0.25) is 0 Å². The lowest BCUT2D eigenvalue weighted by molar-refractivity contribution is 0.136. The van der Waals surface area contributed by atoms with E-state index in [-0.39, 0.29) is 0 Å². The molecule has 3 nitrogen and oxygen atoms in total. The van der Waals surface area contributed by atoms with Crippen LogP contribution in [-0.4, -0.2) is 50.3 Å². The highest BCUT2D eigenvalue weighted by molar-refractivity contribution is 4.80. The summed E-state index contributed by atoms with van der Waals surface area (Å²) < 4.78 is 5.26. The zero-order chi connectivity index (χ0) is 11.1. The van der Waals surface area contributed by atoms with E-state index >= 15 is 0 Å². The zero-order valence-electron chi connectivity index (χ0n) is 10.5. The molecule has 0 saturated carbocycles. The number of likely N-dealkylation sites (tertiary alicyclic amines) is 1. The molecule has 0 bridgehead atoms. The molecule has 2 unspecified atom stereocenters. The third kappa shape index (κ3) is 4.49. The van der Waals surface area contributed by atoms with Crippen LogP contribution in [0.25, 0.3) is 0 Å². The highest BCUT2D eigenvalue weighted by Crippen LogP contribution is 2.16. The molecule has 0 aromatic heterocycles. The Hall–Kier alpha value is -0.120. The Kier molecular flexibility index (Phi) is 6.22. The smallest absolute Gasteiger partial charge is 0.0628 e. The van der Waals surface area contributed by atoms with E-state index in [9.17, 15) is 0 Å². The fourth-order valence-corrected chi connectivity index (χ4v) is 2.27. The van der Waals surface area contributed by atoms with Gasteiger partial charge in [0.1, 0.15) is 0 Å². The maximum atomic E-state index is 5.26. The number of hydrogen-bond acceptors (Lipinski definition) is 3. The number of nitrogens with one attached hydrogen (secondary N) is 1. The summed E-state index contributed by atoms with van der Waals surface area (Å²) in [6.45, 7) is 8.84. The fourth-order valence-electron chi connectivity index (χ4n) is 2.27. The van der Waals surface area contributed by atoms with Crippen molar-refractivity contribution in [2.45, 2.75) is 45.2 Å². The highest BCUT2D eigenvalue weighted by atomic mass is 16.5. The van der Waals surface area contributed by atoms with Crippen LogP contribution < -0.4 is 5.32 Å². The number of nitrogens with zero attached hydrogens (tertiary/aromatic N) is 1. The molecule has 1 rings (SSSR count). The van der Waals surface area contributed by atoms with E-state index in [0.29, 0.717) is 6.04 Å². The molecule has 0 amide bonds. The third-order valence-electron chi connectivity index (χ3n) is 3.20. The van der Waals surface area contributed by atoms with E-state index in [1.165, 1.54) is 25.8 Å². The van der Waals surface area contributed by atoms with Crippen LogP contribution in [0.4, 0.5) is 0 Å². The summed E-state index contributed by atoms with van der Waals surface area (Å²) in [6, 6.07) is 1.25. The second-order valence-electron chi connectivity index (χ2n) is 4.59. The van der Waals surface area contributed by atoms with E-state index in [1.54, 1.807) is 7.11 Å². The number of ether oxygens (including phenoxy) is 1. The van der Waals surface area contributed by atoms with E-state index < -0.39 is 0 Å². The number of methoxy groups -OCH3 is 1. The fraction of sp³-hybridized carbons (Fsp3) is 1.00. The molecule has 1 saturated heterocycles. The van der Waals surface area contributed by atoms with Crippen molar-refractivity contribution >= 4 is 0 Å². The average Bonchev–Trinajstić information content (AvgIpc) is 2.61. The van der Waals surface area contributed by atoms with E-state index in [0.717, 1.165) is 25.7 Å². The molecule has 1 aliphatic heterocycles. The third-order valence-corrected chi connectivity index (χ3v) is 3.20. The summed E-state index contributed by atoms with van der Waals surface area (Å²) in [7, 11) is 1.79. The van der Waals surface area contributed by atoms with E-state index in [4.69, 9.17) is 4.74 Å². The molecule has 1 aliphatic rings. The lowest BCUT2D eigenvalue weighted by atomic mass is 10.2. The lowest BCUT2D eigenvalue weighted by Crippen LogP contribution is -2.45. The van der Waals surface area contributed by atoms with Gasteiger partial charge in [0.25, 0.3) is 0 Å². The molecule has 0 aromatic rings. The van der Waals surface area contributed by atoms with Crippen LogP contribution in [0, 0.1) is 0 Å². The largest absolute Gasteiger partial charge is 0.383 e. The molecular formula is C12H26N2O. The van der Waals surface area contributed by atoms with Crippen LogP contribution >= 0.6 is 0 Å². The first-order chi connectivity index (χ1) is 7.27. The van der Waals surface area contributed by atoms with Gasteiger partial charge in [0, 0.05) is 25.7 Å². The van der Waals surface area contributed by atoms with Crippen molar-refractivity contribution in [2.24, 2.45) is 0 Å². The monoisotopic (exact) mass is 214 g/mol. The molecule has 2 atom stereocenters. The van der Waals surface area contributed by atoms with Gasteiger partial charge in [0.05, 0.1) is 6.61 Å². The van der Waals surface area contributed by atoms with Gasteiger partial charge in [-0.05, 0) is 39.3 Å². The Balaban J connectivity index is 2.28. The van der Waals surface area contributed by atoms with Gasteiger partial charge in [0.2, 0.25) is 0 Å². The number of hydrogen-bond donors (Lipinski definition) is 1. The van der Waals surface area contributed by atoms with Crippen molar-refractivity contribution in [1.29, 1.82) is 0 Å². The molecule has 1 fully saturated rings. The quantitative estimate of drug-likeness (QED) is 0.695. The minimum absolute atomic E-state index is 0.496. The maximum Gasteiger partial charge on any atom is 0.0628 e. The highest BCUT2D eigenvalue weighted by Gasteiger charge is 2.22. The summed E-state index contributed by atoms with van der Waals surface area (Å²) in [6.07, 6.45) is 3.90. The van der Waals surface area contributed by atoms with Crippen molar-refractivity contribution in [2.75, 3.05) is 33.4 Å². The molecule has 15 heavy (non-hydrogen) atoms. The van der Waals surface area contributed by atoms with Gasteiger partial charge in [-0.1, -0.05) is 6.92 Å². The molecule has 0 spiro atoms. The SMILES string of the molecule is CCCNC(COC)CN1CCCC1C. The first-order valence-corrected chi connectivity index (χ1v) is 6.24. The Morgan fingerprint density at radius 1 is 1.53 bits per heavy atom. The van der Waals surface area contributed by atoms with E-state index in [2.05, 4.69) is 24.1 Å². The molecule has 0 radical (unpaired) electrons. The van der Waals surface area contributed by atoms with Crippen LogP contribution in [0.1, 0.15) is 33.1 Å². The van der Waals surface area contributed by atoms with Gasteiger partial charge in [-0.25, -0.2) is 0 Å². The van der Waals surface area contributed by atoms with Crippen molar-refractivity contribution in [3.05, 3.63) is 0 Å². The topological polar surface area (TPSA) is 24.5 Å². The van der Waals surface area contributed by atoms with Crippen LogP contribution in [0.15, 0.2) is 0 Å². The maximum absolute atomic E-state index is 5.26. The minimum atomic E-state index is 0.496. The predicted octanol–water partition coefficient (Wildman–Crippen LogP) is 1.49. The van der Waals surface area contributed by atoms with Crippen LogP contribution in [0.5, 0.6) is 0 Å². The standard InChI is InChI=1S/C12H26N2O/c1-4-7-13-12(10-15-3)9-14-8-5-6-11(14)2/h11-13H,4-10H2,1-3H3. The number of rotatable bonds is 7. The van der Waals surface area contributed by atoms with Gasteiger partial charge in [-0.3, -0.25) is 4.90 Å². The Morgan fingerprint density at radius 3 is 2.87 bits per heavy atom. The molecular weight excluding hydrogens is 188 g/mol. The molecule has 1 N–H and O–H groups in total. The summed E-state index contributed by atoms with van der Waals surface area (Å²) in [4.78, 5) is 2.58. The van der Waals surface area contributed by atoms with Gasteiger partial charge in [0.15, 0.2) is 0 Å². The molecule has 1 heterocycles. The van der Waals surface area contributed by atoms with E-state index in [1.807, 2.05) is 0 Å². The zero-order valence-corrected chi connectivity index (χ0v) is 10.5. The van der Waals surface area contributed by atoms with Crippen LogP contribution in [-0.2, 0) is 4.74 Å². The summed E-state index contributed by atoms with van der Waals surface area (Å²) in [5.41, 5.74) is 0. The first-order valence-electron chi connectivity index (χ1n) is 6.24. The minimum Gasteiger partial charge on any atom is -0.383 e. The van der Waals surface area contributed by atoms with Crippen molar-refractivity contribution in [3.8, 4) is 0 Å².